The van der Waals surface area contributed by atoms with Crippen molar-refractivity contribution in [1.29, 1.82) is 0 Å². The van der Waals surface area contributed by atoms with Gasteiger partial charge in [-0.15, -0.1) is 0 Å². The average Bonchev–Trinajstić information content (AvgIpc) is 2.84. The summed E-state index contributed by atoms with van der Waals surface area (Å²) in [6, 6.07) is 1.23. The molecule has 0 aromatic heterocycles. The number of hydrogen-bond acceptors (Lipinski definition) is 0. The number of hydrogen-bond donors (Lipinski definition) is 2. The summed E-state index contributed by atoms with van der Waals surface area (Å²) < 4.78 is 2.22. The summed E-state index contributed by atoms with van der Waals surface area (Å²) in [6.07, 6.45) is 5.26. The molecule has 0 aromatic carbocycles. The molecule has 0 saturated heterocycles. The summed E-state index contributed by atoms with van der Waals surface area (Å²) >= 11 is 0. The van der Waals surface area contributed by atoms with Crippen LogP contribution in [0.2, 0.25) is 0 Å². The van der Waals surface area contributed by atoms with Crippen LogP contribution in [0.3, 0.4) is 0 Å². The van der Waals surface area contributed by atoms with Gasteiger partial charge in [-0.3, -0.25) is 16.0 Å². The Bertz CT molecular complexity index is 210. The Hall–Kier alpha value is -0.730. The lowest BCUT2D eigenvalue weighted by Crippen LogP contribution is -2.42. The standard InChI is InChI=1S/C9H17N3/c1-6(7-2-3-7)12(9(10)11)8-4-5-8/h6-8H,2-5H2,1H3,(H3,10,11)/p+1. The van der Waals surface area contributed by atoms with Gasteiger partial charge in [0, 0.05) is 0 Å². The molecular formula is C9H18N3+. The quantitative estimate of drug-likeness (QED) is 0.360. The van der Waals surface area contributed by atoms with E-state index in [0.717, 1.165) is 5.92 Å². The van der Waals surface area contributed by atoms with Crippen molar-refractivity contribution in [3.63, 3.8) is 0 Å². The van der Waals surface area contributed by atoms with Crippen LogP contribution in [0.15, 0.2) is 0 Å². The van der Waals surface area contributed by atoms with Gasteiger partial charge in [0.05, 0.1) is 12.1 Å². The van der Waals surface area contributed by atoms with Crippen molar-refractivity contribution in [3.8, 4) is 0 Å². The van der Waals surface area contributed by atoms with E-state index in [0.29, 0.717) is 18.0 Å². The monoisotopic (exact) mass is 168 g/mol. The fourth-order valence-electron chi connectivity index (χ4n) is 1.94. The molecule has 0 amide bonds. The van der Waals surface area contributed by atoms with Crippen molar-refractivity contribution < 1.29 is 4.58 Å². The third-order valence-corrected chi connectivity index (χ3v) is 2.98. The lowest BCUT2D eigenvalue weighted by atomic mass is 10.2. The van der Waals surface area contributed by atoms with Crippen LogP contribution < -0.4 is 11.5 Å². The molecule has 3 heteroatoms. The van der Waals surface area contributed by atoms with Crippen LogP contribution in [0.25, 0.3) is 0 Å². The highest BCUT2D eigenvalue weighted by Crippen LogP contribution is 2.37. The Morgan fingerprint density at radius 3 is 2.17 bits per heavy atom. The van der Waals surface area contributed by atoms with Crippen molar-refractivity contribution >= 4 is 5.96 Å². The molecule has 0 spiro atoms. The molecule has 2 saturated carbocycles. The predicted octanol–water partition coefficient (Wildman–Crippen LogP) is 0.233. The zero-order valence-electron chi connectivity index (χ0n) is 7.66. The van der Waals surface area contributed by atoms with Gasteiger partial charge >= 0.3 is 5.96 Å². The minimum Gasteiger partial charge on any atom is -0.291 e. The van der Waals surface area contributed by atoms with Crippen LogP contribution in [0.5, 0.6) is 0 Å². The largest absolute Gasteiger partial charge is 0.341 e. The van der Waals surface area contributed by atoms with Gasteiger partial charge in [-0.1, -0.05) is 0 Å². The minimum atomic E-state index is 0.525. The van der Waals surface area contributed by atoms with Gasteiger partial charge in [0.25, 0.3) is 0 Å². The van der Waals surface area contributed by atoms with Crippen molar-refractivity contribution in [2.24, 2.45) is 17.4 Å². The Balaban J connectivity index is 2.09. The molecule has 68 valence electrons. The Morgan fingerprint density at radius 2 is 1.83 bits per heavy atom. The van der Waals surface area contributed by atoms with E-state index >= 15 is 0 Å². The highest BCUT2D eigenvalue weighted by molar-refractivity contribution is 5.70. The van der Waals surface area contributed by atoms with Gasteiger partial charge in [0.15, 0.2) is 0 Å². The Kier molecular flexibility index (Phi) is 1.74. The fourth-order valence-corrected chi connectivity index (χ4v) is 1.94. The normalized spacial score (nSPS) is 25.1. The third-order valence-electron chi connectivity index (χ3n) is 2.98. The van der Waals surface area contributed by atoms with Gasteiger partial charge in [0.2, 0.25) is 0 Å². The molecule has 2 fully saturated rings. The van der Waals surface area contributed by atoms with E-state index < -0.39 is 0 Å². The second-order valence-corrected chi connectivity index (χ2v) is 4.14. The summed E-state index contributed by atoms with van der Waals surface area (Å²) in [5.74, 6) is 1.38. The van der Waals surface area contributed by atoms with E-state index in [4.69, 9.17) is 11.5 Å². The Labute approximate surface area is 73.4 Å². The minimum absolute atomic E-state index is 0.525. The molecule has 2 rings (SSSR count). The topological polar surface area (TPSA) is 55.0 Å². The second kappa shape index (κ2) is 2.64. The molecular weight excluding hydrogens is 150 g/mol. The molecule has 4 N–H and O–H groups in total. The van der Waals surface area contributed by atoms with Crippen LogP contribution in [-0.2, 0) is 0 Å². The zero-order chi connectivity index (χ0) is 8.72. The lowest BCUT2D eigenvalue weighted by Gasteiger charge is -2.15. The van der Waals surface area contributed by atoms with Crippen molar-refractivity contribution in [3.05, 3.63) is 0 Å². The average molecular weight is 168 g/mol. The molecule has 12 heavy (non-hydrogen) atoms. The first kappa shape index (κ1) is 7.90. The second-order valence-electron chi connectivity index (χ2n) is 4.14. The van der Waals surface area contributed by atoms with E-state index in [2.05, 4.69) is 11.5 Å². The molecule has 1 atom stereocenters. The van der Waals surface area contributed by atoms with E-state index in [9.17, 15) is 0 Å². The summed E-state index contributed by atoms with van der Waals surface area (Å²) in [4.78, 5) is 0. The molecule has 2 aliphatic carbocycles. The first-order valence-electron chi connectivity index (χ1n) is 4.86. The van der Waals surface area contributed by atoms with Crippen LogP contribution >= 0.6 is 0 Å². The maximum atomic E-state index is 5.66. The summed E-state index contributed by atoms with van der Waals surface area (Å²) in [5, 5.41) is 0. The van der Waals surface area contributed by atoms with E-state index in [1.807, 2.05) is 0 Å². The first-order chi connectivity index (χ1) is 5.70. The summed E-state index contributed by atoms with van der Waals surface area (Å²) in [5.41, 5.74) is 11.3. The predicted molar refractivity (Wildman–Crippen MR) is 48.9 cm³/mol. The fraction of sp³-hybridized carbons (Fsp3) is 0.889. The van der Waals surface area contributed by atoms with Crippen molar-refractivity contribution in [1.82, 2.24) is 0 Å². The third kappa shape index (κ3) is 1.40. The first-order valence-corrected chi connectivity index (χ1v) is 4.86. The van der Waals surface area contributed by atoms with E-state index in [1.165, 1.54) is 25.7 Å². The van der Waals surface area contributed by atoms with Crippen LogP contribution in [0, 0.1) is 5.92 Å². The summed E-state index contributed by atoms with van der Waals surface area (Å²) in [6.45, 7) is 2.25. The smallest absolute Gasteiger partial charge is 0.291 e. The van der Waals surface area contributed by atoms with Crippen LogP contribution in [0.1, 0.15) is 32.6 Å². The molecule has 0 bridgehead atoms. The maximum Gasteiger partial charge on any atom is 0.341 e. The summed E-state index contributed by atoms with van der Waals surface area (Å²) in [7, 11) is 0. The molecule has 0 radical (unpaired) electrons. The molecule has 0 aliphatic heterocycles. The van der Waals surface area contributed by atoms with E-state index in [-0.39, 0.29) is 0 Å². The van der Waals surface area contributed by atoms with Crippen molar-refractivity contribution in [2.45, 2.75) is 44.7 Å². The zero-order valence-corrected chi connectivity index (χ0v) is 7.66. The maximum absolute atomic E-state index is 5.66. The number of guanidine groups is 1. The van der Waals surface area contributed by atoms with Gasteiger partial charge in [-0.05, 0) is 38.5 Å². The molecule has 0 aromatic rings. The van der Waals surface area contributed by atoms with Crippen LogP contribution in [-0.4, -0.2) is 22.6 Å². The lowest BCUT2D eigenvalue weighted by molar-refractivity contribution is -0.581. The molecule has 0 heterocycles. The highest BCUT2D eigenvalue weighted by atomic mass is 15.2. The molecule has 1 unspecified atom stereocenters. The van der Waals surface area contributed by atoms with Gasteiger partial charge in [0.1, 0.15) is 0 Å². The number of nitrogens with zero attached hydrogens (tertiary/aromatic N) is 1. The number of nitrogens with two attached hydrogens (primary N) is 2. The van der Waals surface area contributed by atoms with Crippen molar-refractivity contribution in [2.75, 3.05) is 0 Å². The highest BCUT2D eigenvalue weighted by Gasteiger charge is 2.39. The van der Waals surface area contributed by atoms with Gasteiger partial charge in [-0.2, -0.15) is 0 Å². The molecule has 3 nitrogen and oxygen atoms in total. The Morgan fingerprint density at radius 1 is 1.25 bits per heavy atom. The number of rotatable bonds is 3. The SMILES string of the molecule is CC(C1CC1)[N+](=C(N)N)C1CC1. The molecule has 2 aliphatic rings. The van der Waals surface area contributed by atoms with E-state index in [1.54, 1.807) is 0 Å². The van der Waals surface area contributed by atoms with Gasteiger partial charge in [-0.25, -0.2) is 0 Å². The van der Waals surface area contributed by atoms with Gasteiger partial charge < -0.3 is 0 Å². The van der Waals surface area contributed by atoms with Crippen LogP contribution in [0.4, 0.5) is 0 Å².